The van der Waals surface area contributed by atoms with Gasteiger partial charge >= 0.3 is 5.69 Å². The first-order chi connectivity index (χ1) is 15.3. The normalized spacial score (nSPS) is 12.1. The summed E-state index contributed by atoms with van der Waals surface area (Å²) in [7, 11) is 7.22. The first-order valence-corrected chi connectivity index (χ1v) is 12.5. The summed E-state index contributed by atoms with van der Waals surface area (Å²) in [6, 6.07) is 6.16. The first-order valence-electron chi connectivity index (χ1n) is 10.4. The van der Waals surface area contributed by atoms with Crippen LogP contribution in [-0.2, 0) is 17.9 Å². The molecule has 2 aromatic heterocycles. The first kappa shape index (κ1) is 24.9. The van der Waals surface area contributed by atoms with E-state index >= 15 is 0 Å². The van der Waals surface area contributed by atoms with Crippen LogP contribution in [0.3, 0.4) is 0 Å². The molecule has 170 valence electrons. The van der Waals surface area contributed by atoms with Gasteiger partial charge in [-0.3, -0.25) is 9.55 Å². The second kappa shape index (κ2) is 10.9. The molecule has 2 atom stereocenters. The van der Waals surface area contributed by atoms with Crippen molar-refractivity contribution in [3.63, 3.8) is 0 Å². The van der Waals surface area contributed by atoms with Gasteiger partial charge in [0.05, 0.1) is 5.69 Å². The molecule has 0 fully saturated rings. The molecule has 0 aliphatic rings. The summed E-state index contributed by atoms with van der Waals surface area (Å²) >= 11 is 1.76. The third-order valence-electron chi connectivity index (χ3n) is 4.95. The fraction of sp³-hybridized carbons (Fsp3) is 0.348. The molecule has 0 saturated heterocycles. The molecule has 0 bridgehead atoms. The van der Waals surface area contributed by atoms with Crippen molar-refractivity contribution >= 4 is 46.9 Å². The Hall–Kier alpha value is -1.78. The summed E-state index contributed by atoms with van der Waals surface area (Å²) in [4.78, 5) is 18.4. The molecule has 3 aromatic rings. The van der Waals surface area contributed by atoms with Crippen LogP contribution in [0.15, 0.2) is 40.3 Å². The van der Waals surface area contributed by atoms with E-state index in [0.717, 1.165) is 32.3 Å². The number of pyridine rings is 1. The number of nitrogens with zero attached hydrogens (tertiary/aromatic N) is 4. The molecule has 9 heteroatoms. The second-order valence-electron chi connectivity index (χ2n) is 7.69. The van der Waals surface area contributed by atoms with Crippen LogP contribution in [0.25, 0.3) is 17.1 Å². The van der Waals surface area contributed by atoms with Gasteiger partial charge in [0.2, 0.25) is 0 Å². The van der Waals surface area contributed by atoms with Crippen LogP contribution >= 0.6 is 30.2 Å². The Labute approximate surface area is 198 Å². The SMILES string of the molecule is CCn1c(COC)nn(-c2cc(SC(C)C)c(/C(P)=C/c3cnccc3C)cc2P)c1=O. The monoisotopic (exact) mass is 488 g/mol. The van der Waals surface area contributed by atoms with E-state index in [2.05, 4.69) is 67.5 Å². The minimum atomic E-state index is -0.163. The predicted octanol–water partition coefficient (Wildman–Crippen LogP) is 4.28. The Morgan fingerprint density at radius 1 is 1.34 bits per heavy atom. The van der Waals surface area contributed by atoms with Gasteiger partial charge in [-0.05, 0) is 65.4 Å². The zero-order chi connectivity index (χ0) is 23.4. The van der Waals surface area contributed by atoms with Crippen molar-refractivity contribution in [2.24, 2.45) is 0 Å². The minimum Gasteiger partial charge on any atom is -0.377 e. The van der Waals surface area contributed by atoms with Gasteiger partial charge in [0.25, 0.3) is 0 Å². The number of hydrogen-bond donors (Lipinski definition) is 0. The Bertz CT molecular complexity index is 1200. The highest BCUT2D eigenvalue weighted by Gasteiger charge is 2.18. The predicted molar refractivity (Wildman–Crippen MR) is 141 cm³/mol. The second-order valence-corrected chi connectivity index (χ2v) is 10.6. The molecule has 6 nitrogen and oxygen atoms in total. The van der Waals surface area contributed by atoms with Crippen molar-refractivity contribution in [2.45, 2.75) is 51.0 Å². The molecule has 2 heterocycles. The van der Waals surface area contributed by atoms with Crippen molar-refractivity contribution in [1.82, 2.24) is 19.3 Å². The average Bonchev–Trinajstić information content (AvgIpc) is 3.05. The molecule has 0 saturated carbocycles. The fourth-order valence-electron chi connectivity index (χ4n) is 3.37. The largest absolute Gasteiger partial charge is 0.377 e. The van der Waals surface area contributed by atoms with E-state index in [1.807, 2.05) is 19.2 Å². The Morgan fingerprint density at radius 2 is 2.09 bits per heavy atom. The number of hydrogen-bond acceptors (Lipinski definition) is 5. The number of aryl methyl sites for hydroxylation is 1. The van der Waals surface area contributed by atoms with Crippen LogP contribution in [0.1, 0.15) is 43.3 Å². The van der Waals surface area contributed by atoms with Crippen molar-refractivity contribution < 1.29 is 4.74 Å². The van der Waals surface area contributed by atoms with Crippen LogP contribution in [0.4, 0.5) is 0 Å². The molecule has 32 heavy (non-hydrogen) atoms. The molecule has 0 spiro atoms. The van der Waals surface area contributed by atoms with E-state index in [4.69, 9.17) is 4.74 Å². The lowest BCUT2D eigenvalue weighted by molar-refractivity contribution is 0.173. The number of benzene rings is 1. The minimum absolute atomic E-state index is 0.163. The van der Waals surface area contributed by atoms with E-state index in [9.17, 15) is 4.79 Å². The molecule has 1 aromatic carbocycles. The van der Waals surface area contributed by atoms with Gasteiger partial charge in [-0.1, -0.05) is 13.8 Å². The molecular weight excluding hydrogens is 458 g/mol. The van der Waals surface area contributed by atoms with Crippen molar-refractivity contribution in [3.05, 3.63) is 63.6 Å². The maximum Gasteiger partial charge on any atom is 0.350 e. The highest BCUT2D eigenvalue weighted by Crippen LogP contribution is 2.36. The molecular formula is C23H30N4O2P2S. The summed E-state index contributed by atoms with van der Waals surface area (Å²) in [6.07, 6.45) is 5.81. The molecule has 3 rings (SSSR count). The lowest BCUT2D eigenvalue weighted by Crippen LogP contribution is -2.26. The molecule has 0 radical (unpaired) electrons. The van der Waals surface area contributed by atoms with Crippen molar-refractivity contribution in [3.8, 4) is 5.69 Å². The van der Waals surface area contributed by atoms with Gasteiger partial charge in [0.1, 0.15) is 6.61 Å². The third-order valence-corrected chi connectivity index (χ3v) is 6.95. The Morgan fingerprint density at radius 3 is 2.72 bits per heavy atom. The quantitative estimate of drug-likeness (QED) is 0.350. The fourth-order valence-corrected chi connectivity index (χ4v) is 5.25. The average molecular weight is 489 g/mol. The van der Waals surface area contributed by atoms with Crippen LogP contribution in [-0.4, -0.2) is 31.7 Å². The molecule has 0 N–H and O–H groups in total. The smallest absolute Gasteiger partial charge is 0.350 e. The number of thioether (sulfide) groups is 1. The lowest BCUT2D eigenvalue weighted by Gasteiger charge is -2.16. The Kier molecular flexibility index (Phi) is 8.46. The topological polar surface area (TPSA) is 61.9 Å². The summed E-state index contributed by atoms with van der Waals surface area (Å²) in [6.45, 7) is 9.16. The van der Waals surface area contributed by atoms with Gasteiger partial charge in [-0.15, -0.1) is 35.3 Å². The maximum absolute atomic E-state index is 13.0. The van der Waals surface area contributed by atoms with Crippen molar-refractivity contribution in [2.75, 3.05) is 7.11 Å². The van der Waals surface area contributed by atoms with Crippen molar-refractivity contribution in [1.29, 1.82) is 0 Å². The Balaban J connectivity index is 2.17. The highest BCUT2D eigenvalue weighted by atomic mass is 32.2. The van der Waals surface area contributed by atoms with Gasteiger partial charge in [0.15, 0.2) is 5.82 Å². The van der Waals surface area contributed by atoms with Gasteiger partial charge in [0, 0.05) is 36.2 Å². The van der Waals surface area contributed by atoms with E-state index in [0.29, 0.717) is 17.6 Å². The number of aromatic nitrogens is 4. The van der Waals surface area contributed by atoms with Crippen LogP contribution in [0.2, 0.25) is 0 Å². The summed E-state index contributed by atoms with van der Waals surface area (Å²) in [5, 5.41) is 6.91. The van der Waals surface area contributed by atoms with E-state index < -0.39 is 0 Å². The van der Waals surface area contributed by atoms with E-state index in [1.54, 1.807) is 29.6 Å². The molecule has 0 amide bonds. The maximum atomic E-state index is 13.0. The zero-order valence-corrected chi connectivity index (χ0v) is 22.2. The lowest BCUT2D eigenvalue weighted by atomic mass is 10.1. The van der Waals surface area contributed by atoms with E-state index in [-0.39, 0.29) is 12.3 Å². The summed E-state index contributed by atoms with van der Waals surface area (Å²) in [5.41, 5.74) is 3.94. The van der Waals surface area contributed by atoms with Crippen LogP contribution in [0, 0.1) is 6.92 Å². The standard InChI is InChI=1S/C23H30N4O2P2S/c1-6-26-22(13-29-5)25-27(23(26)28)18-11-21(32-14(2)3)17(10-20(18)31)19(30)9-16-12-24-8-7-15(16)4/h7-12,14H,6,13,30-31H2,1-5H3/b19-9-. The molecule has 2 unspecified atom stereocenters. The number of ether oxygens (including phenoxy) is 1. The molecule has 0 aliphatic carbocycles. The highest BCUT2D eigenvalue weighted by molar-refractivity contribution is 8.00. The van der Waals surface area contributed by atoms with Crippen LogP contribution < -0.4 is 11.0 Å². The van der Waals surface area contributed by atoms with Gasteiger partial charge < -0.3 is 4.74 Å². The number of rotatable bonds is 8. The molecule has 0 aliphatic heterocycles. The van der Waals surface area contributed by atoms with E-state index in [1.165, 1.54) is 10.2 Å². The third kappa shape index (κ3) is 5.40. The summed E-state index contributed by atoms with van der Waals surface area (Å²) in [5.74, 6) is 0.616. The number of methoxy groups -OCH3 is 1. The zero-order valence-electron chi connectivity index (χ0n) is 19.1. The summed E-state index contributed by atoms with van der Waals surface area (Å²) < 4.78 is 8.36. The van der Waals surface area contributed by atoms with Crippen LogP contribution in [0.5, 0.6) is 0 Å². The van der Waals surface area contributed by atoms with Gasteiger partial charge in [-0.2, -0.15) is 4.68 Å². The van der Waals surface area contributed by atoms with Gasteiger partial charge in [-0.25, -0.2) is 4.79 Å².